The molecule has 3 aromatic rings. The summed E-state index contributed by atoms with van der Waals surface area (Å²) in [4.78, 5) is 28.0. The molecule has 0 spiro atoms. The number of carbonyl (C=O) groups is 2. The van der Waals surface area contributed by atoms with Gasteiger partial charge in [-0.25, -0.2) is 8.42 Å². The first-order chi connectivity index (χ1) is 17.9. The fourth-order valence-corrected chi connectivity index (χ4v) is 6.06. The second-order valence-electron chi connectivity index (χ2n) is 8.58. The highest BCUT2D eigenvalue weighted by Crippen LogP contribution is 2.30. The van der Waals surface area contributed by atoms with Crippen molar-refractivity contribution < 1.29 is 18.0 Å². The smallest absolute Gasteiger partial charge is 0.264 e. The Balaban J connectivity index is 2.07. The van der Waals surface area contributed by atoms with Crippen molar-refractivity contribution in [2.24, 2.45) is 0 Å². The summed E-state index contributed by atoms with van der Waals surface area (Å²) in [6.07, 6.45) is 0. The third-order valence-corrected chi connectivity index (χ3v) is 8.51. The molecule has 0 heterocycles. The van der Waals surface area contributed by atoms with Crippen LogP contribution < -0.4 is 9.62 Å². The van der Waals surface area contributed by atoms with E-state index in [9.17, 15) is 18.0 Å². The largest absolute Gasteiger partial charge is 0.355 e. The minimum absolute atomic E-state index is 0.0196. The zero-order chi connectivity index (χ0) is 28.0. The number of amides is 2. The lowest BCUT2D eigenvalue weighted by Crippen LogP contribution is -2.51. The molecule has 11 heteroatoms. The Kier molecular flexibility index (Phi) is 10.1. The van der Waals surface area contributed by atoms with Gasteiger partial charge in [-0.3, -0.25) is 13.9 Å². The van der Waals surface area contributed by atoms with Crippen molar-refractivity contribution >= 4 is 62.3 Å². The quantitative estimate of drug-likeness (QED) is 0.325. The number of hydrogen-bond donors (Lipinski definition) is 1. The number of anilines is 1. The van der Waals surface area contributed by atoms with E-state index < -0.39 is 28.5 Å². The molecule has 1 atom stereocenters. The van der Waals surface area contributed by atoms with E-state index in [0.29, 0.717) is 38.4 Å². The van der Waals surface area contributed by atoms with Crippen LogP contribution in [0.25, 0.3) is 0 Å². The third kappa shape index (κ3) is 6.99. The molecule has 0 aliphatic rings. The van der Waals surface area contributed by atoms with Gasteiger partial charge in [-0.15, -0.1) is 0 Å². The normalized spacial score (nSPS) is 12.1. The number of nitrogens with zero attached hydrogens (tertiary/aromatic N) is 2. The Morgan fingerprint density at radius 2 is 1.58 bits per heavy atom. The van der Waals surface area contributed by atoms with Crippen LogP contribution in [0.4, 0.5) is 5.69 Å². The summed E-state index contributed by atoms with van der Waals surface area (Å²) >= 11 is 18.5. The van der Waals surface area contributed by atoms with Crippen molar-refractivity contribution in [2.75, 3.05) is 17.4 Å². The average molecular weight is 597 g/mol. The third-order valence-electron chi connectivity index (χ3n) is 5.91. The number of carbonyl (C=O) groups excluding carboxylic acids is 2. The zero-order valence-corrected chi connectivity index (χ0v) is 24.2. The molecule has 0 aliphatic carbocycles. The van der Waals surface area contributed by atoms with Gasteiger partial charge in [0.05, 0.1) is 10.6 Å². The number of likely N-dealkylation sites (N-methyl/N-ethyl adjacent to an activating group) is 1. The summed E-state index contributed by atoms with van der Waals surface area (Å²) in [5, 5.41) is 3.89. The molecule has 0 radical (unpaired) electrons. The number of benzene rings is 3. The molecule has 0 bridgehead atoms. The van der Waals surface area contributed by atoms with Gasteiger partial charge < -0.3 is 10.2 Å². The Morgan fingerprint density at radius 3 is 2.18 bits per heavy atom. The molecule has 7 nitrogen and oxygen atoms in total. The highest BCUT2D eigenvalue weighted by Gasteiger charge is 2.33. The molecule has 0 saturated heterocycles. The molecular formula is C27H28Cl3N3O4S. The Labute approximate surface area is 238 Å². The van der Waals surface area contributed by atoms with Gasteiger partial charge in [0.15, 0.2) is 0 Å². The predicted octanol–water partition coefficient (Wildman–Crippen LogP) is 5.70. The van der Waals surface area contributed by atoms with E-state index in [2.05, 4.69) is 5.32 Å². The van der Waals surface area contributed by atoms with E-state index in [1.807, 2.05) is 0 Å². The van der Waals surface area contributed by atoms with Crippen LogP contribution in [0, 0.1) is 6.92 Å². The van der Waals surface area contributed by atoms with Gasteiger partial charge in [-0.1, -0.05) is 59.1 Å². The van der Waals surface area contributed by atoms with Crippen LogP contribution in [0.1, 0.15) is 25.0 Å². The van der Waals surface area contributed by atoms with E-state index in [1.54, 1.807) is 75.4 Å². The van der Waals surface area contributed by atoms with Crippen molar-refractivity contribution in [1.82, 2.24) is 10.2 Å². The molecule has 1 N–H and O–H groups in total. The minimum Gasteiger partial charge on any atom is -0.355 e. The molecule has 0 aromatic heterocycles. The van der Waals surface area contributed by atoms with Crippen LogP contribution in [-0.4, -0.2) is 44.3 Å². The van der Waals surface area contributed by atoms with E-state index in [1.165, 1.54) is 17.0 Å². The molecule has 2 amide bonds. The average Bonchev–Trinajstić information content (AvgIpc) is 2.87. The van der Waals surface area contributed by atoms with Gasteiger partial charge in [0, 0.05) is 28.2 Å². The Bertz CT molecular complexity index is 1420. The highest BCUT2D eigenvalue weighted by atomic mass is 35.5. The molecule has 0 fully saturated rings. The fraction of sp³-hybridized carbons (Fsp3) is 0.259. The van der Waals surface area contributed by atoms with E-state index in [-0.39, 0.29) is 17.3 Å². The zero-order valence-electron chi connectivity index (χ0n) is 21.1. The fourth-order valence-electron chi connectivity index (χ4n) is 3.87. The lowest BCUT2D eigenvalue weighted by molar-refractivity contribution is -0.139. The molecule has 0 saturated carbocycles. The van der Waals surface area contributed by atoms with Crippen molar-refractivity contribution in [3.05, 3.63) is 92.9 Å². The predicted molar refractivity (Wildman–Crippen MR) is 152 cm³/mol. The van der Waals surface area contributed by atoms with Crippen LogP contribution in [0.2, 0.25) is 15.1 Å². The van der Waals surface area contributed by atoms with Crippen molar-refractivity contribution in [2.45, 2.75) is 38.3 Å². The summed E-state index contributed by atoms with van der Waals surface area (Å²) in [6, 6.07) is 16.5. The van der Waals surface area contributed by atoms with Gasteiger partial charge in [0.25, 0.3) is 10.0 Å². The first-order valence-corrected chi connectivity index (χ1v) is 14.4. The molecule has 202 valence electrons. The summed E-state index contributed by atoms with van der Waals surface area (Å²) in [7, 11) is -4.16. The number of rotatable bonds is 10. The number of aryl methyl sites for hydroxylation is 1. The van der Waals surface area contributed by atoms with Crippen molar-refractivity contribution in [3.8, 4) is 0 Å². The molecule has 38 heavy (non-hydrogen) atoms. The summed E-state index contributed by atoms with van der Waals surface area (Å²) in [5.41, 5.74) is 1.41. The van der Waals surface area contributed by atoms with E-state index in [4.69, 9.17) is 34.8 Å². The van der Waals surface area contributed by atoms with Crippen LogP contribution in [0.15, 0.2) is 71.6 Å². The molecular weight excluding hydrogens is 569 g/mol. The molecule has 0 unspecified atom stereocenters. The van der Waals surface area contributed by atoms with E-state index in [0.717, 1.165) is 4.31 Å². The topological polar surface area (TPSA) is 86.8 Å². The maximum absolute atomic E-state index is 13.9. The second-order valence-corrected chi connectivity index (χ2v) is 11.7. The van der Waals surface area contributed by atoms with Crippen LogP contribution in [0.5, 0.6) is 0 Å². The summed E-state index contributed by atoms with van der Waals surface area (Å²) in [5.74, 6) is -0.977. The van der Waals surface area contributed by atoms with Gasteiger partial charge in [0.2, 0.25) is 11.8 Å². The van der Waals surface area contributed by atoms with E-state index >= 15 is 0 Å². The van der Waals surface area contributed by atoms with Gasteiger partial charge in [-0.05, 0) is 74.4 Å². The maximum Gasteiger partial charge on any atom is 0.264 e. The summed E-state index contributed by atoms with van der Waals surface area (Å²) < 4.78 is 28.6. The number of hydrogen-bond acceptors (Lipinski definition) is 4. The van der Waals surface area contributed by atoms with Gasteiger partial charge >= 0.3 is 0 Å². The van der Waals surface area contributed by atoms with Gasteiger partial charge in [-0.2, -0.15) is 0 Å². The number of nitrogens with one attached hydrogen (secondary N) is 1. The molecule has 0 aliphatic heterocycles. The lowest BCUT2D eigenvalue weighted by Gasteiger charge is -2.32. The Hall–Kier alpha value is -2.78. The van der Waals surface area contributed by atoms with Crippen LogP contribution >= 0.6 is 34.8 Å². The van der Waals surface area contributed by atoms with Crippen LogP contribution in [-0.2, 0) is 26.2 Å². The van der Waals surface area contributed by atoms with Crippen molar-refractivity contribution in [1.29, 1.82) is 0 Å². The number of sulfonamides is 1. The highest BCUT2D eigenvalue weighted by molar-refractivity contribution is 7.92. The first-order valence-electron chi connectivity index (χ1n) is 11.8. The standard InChI is InChI=1S/C27H28Cl3N3O4S/c1-4-31-27(35)19(3)32(16-20-10-11-22(29)15-24(20)30)26(34)17-33(25-13-12-21(28)14-18(25)2)38(36,37)23-8-6-5-7-9-23/h5-15,19H,4,16-17H2,1-3H3,(H,31,35)/t19-/m0/s1. The van der Waals surface area contributed by atoms with Crippen molar-refractivity contribution in [3.63, 3.8) is 0 Å². The summed E-state index contributed by atoms with van der Waals surface area (Å²) in [6.45, 7) is 4.83. The van der Waals surface area contributed by atoms with Crippen LogP contribution in [0.3, 0.4) is 0 Å². The molecule has 3 aromatic carbocycles. The Morgan fingerprint density at radius 1 is 0.947 bits per heavy atom. The first kappa shape index (κ1) is 29.8. The number of halogens is 3. The second kappa shape index (κ2) is 12.8. The monoisotopic (exact) mass is 595 g/mol. The van der Waals surface area contributed by atoms with Gasteiger partial charge in [0.1, 0.15) is 12.6 Å². The SMILES string of the molecule is CCNC(=O)[C@H](C)N(Cc1ccc(Cl)cc1Cl)C(=O)CN(c1ccc(Cl)cc1C)S(=O)(=O)c1ccccc1. The lowest BCUT2D eigenvalue weighted by atomic mass is 10.1. The maximum atomic E-state index is 13.9. The molecule has 3 rings (SSSR count). The minimum atomic E-state index is -4.16.